The lowest BCUT2D eigenvalue weighted by atomic mass is 9.95. The summed E-state index contributed by atoms with van der Waals surface area (Å²) in [4.78, 5) is 25.9. The zero-order chi connectivity index (χ0) is 20.0. The summed E-state index contributed by atoms with van der Waals surface area (Å²) >= 11 is 0. The molecule has 2 aromatic carbocycles. The molecule has 2 amide bonds. The molecule has 0 saturated heterocycles. The van der Waals surface area contributed by atoms with Crippen molar-refractivity contribution in [3.8, 4) is 11.5 Å². The van der Waals surface area contributed by atoms with Crippen molar-refractivity contribution in [2.45, 2.75) is 20.8 Å². The van der Waals surface area contributed by atoms with Crippen LogP contribution in [-0.2, 0) is 9.59 Å². The van der Waals surface area contributed by atoms with Gasteiger partial charge in [-0.3, -0.25) is 9.59 Å². The van der Waals surface area contributed by atoms with Crippen molar-refractivity contribution >= 4 is 23.2 Å². The highest BCUT2D eigenvalue weighted by atomic mass is 16.5. The summed E-state index contributed by atoms with van der Waals surface area (Å²) in [7, 11) is 3.33. The van der Waals surface area contributed by atoms with Crippen LogP contribution in [0.4, 0.5) is 11.4 Å². The van der Waals surface area contributed by atoms with E-state index >= 15 is 0 Å². The lowest BCUT2D eigenvalue weighted by molar-refractivity contribution is -0.125. The number of carbonyl (C=O) groups excluding carboxylic acids is 2. The van der Waals surface area contributed by atoms with Crippen LogP contribution in [0.2, 0.25) is 0 Å². The second-order valence-electron chi connectivity index (χ2n) is 7.17. The maximum atomic E-state index is 12.3. The highest BCUT2D eigenvalue weighted by Crippen LogP contribution is 2.24. The van der Waals surface area contributed by atoms with Gasteiger partial charge < -0.3 is 19.7 Å². The van der Waals surface area contributed by atoms with Crippen molar-refractivity contribution < 1.29 is 19.1 Å². The van der Waals surface area contributed by atoms with Gasteiger partial charge in [0.05, 0.1) is 7.11 Å². The summed E-state index contributed by atoms with van der Waals surface area (Å²) in [5.41, 5.74) is 0.982. The third kappa shape index (κ3) is 5.74. The molecule has 0 spiro atoms. The van der Waals surface area contributed by atoms with Gasteiger partial charge >= 0.3 is 0 Å². The number of hydrogen-bond acceptors (Lipinski definition) is 4. The van der Waals surface area contributed by atoms with Crippen LogP contribution >= 0.6 is 0 Å². The first kappa shape index (κ1) is 20.3. The van der Waals surface area contributed by atoms with Crippen LogP contribution in [0.15, 0.2) is 48.5 Å². The number of methoxy groups -OCH3 is 1. The smallest absolute Gasteiger partial charge is 0.262 e. The highest BCUT2D eigenvalue weighted by molar-refractivity contribution is 5.96. The molecule has 0 atom stereocenters. The van der Waals surface area contributed by atoms with Crippen LogP contribution in [0.5, 0.6) is 11.5 Å². The molecule has 0 aliphatic rings. The maximum Gasteiger partial charge on any atom is 0.262 e. The molecular weight excluding hydrogens is 344 g/mol. The van der Waals surface area contributed by atoms with Crippen molar-refractivity contribution in [3.63, 3.8) is 0 Å². The fraction of sp³-hybridized carbons (Fsp3) is 0.333. The van der Waals surface area contributed by atoms with Gasteiger partial charge in [-0.2, -0.15) is 0 Å². The van der Waals surface area contributed by atoms with Gasteiger partial charge in [0, 0.05) is 23.8 Å². The summed E-state index contributed by atoms with van der Waals surface area (Å²) < 4.78 is 10.6. The summed E-state index contributed by atoms with van der Waals surface area (Å²) in [6.45, 7) is 5.53. The molecule has 144 valence electrons. The monoisotopic (exact) mass is 370 g/mol. The second-order valence-corrected chi connectivity index (χ2v) is 7.17. The van der Waals surface area contributed by atoms with Gasteiger partial charge in [0.25, 0.3) is 5.91 Å². The average Bonchev–Trinajstić information content (AvgIpc) is 2.65. The normalized spacial score (nSPS) is 10.9. The lowest BCUT2D eigenvalue weighted by Crippen LogP contribution is -2.36. The molecule has 0 bridgehead atoms. The molecule has 0 aliphatic heterocycles. The van der Waals surface area contributed by atoms with Gasteiger partial charge in [-0.15, -0.1) is 0 Å². The number of carbonyl (C=O) groups is 2. The quantitative estimate of drug-likeness (QED) is 0.841. The molecule has 0 aliphatic carbocycles. The summed E-state index contributed by atoms with van der Waals surface area (Å²) in [5.74, 6) is 1.04. The lowest BCUT2D eigenvalue weighted by Gasteiger charge is -2.26. The molecule has 0 aromatic heterocycles. The van der Waals surface area contributed by atoms with Crippen molar-refractivity contribution in [2.75, 3.05) is 31.0 Å². The van der Waals surface area contributed by atoms with Crippen LogP contribution < -0.4 is 19.7 Å². The Hall–Kier alpha value is -3.02. The molecule has 6 nitrogen and oxygen atoms in total. The van der Waals surface area contributed by atoms with E-state index in [2.05, 4.69) is 5.32 Å². The topological polar surface area (TPSA) is 67.9 Å². The highest BCUT2D eigenvalue weighted by Gasteiger charge is 2.25. The van der Waals surface area contributed by atoms with Crippen LogP contribution in [-0.4, -0.2) is 32.6 Å². The van der Waals surface area contributed by atoms with E-state index < -0.39 is 5.41 Å². The molecular formula is C21H26N2O4. The minimum absolute atomic E-state index is 0.0232. The Morgan fingerprint density at radius 1 is 0.963 bits per heavy atom. The summed E-state index contributed by atoms with van der Waals surface area (Å²) in [6.07, 6.45) is 0. The number of benzene rings is 2. The summed E-state index contributed by atoms with van der Waals surface area (Å²) in [6, 6.07) is 14.1. The van der Waals surface area contributed by atoms with Crippen molar-refractivity contribution in [2.24, 2.45) is 5.41 Å². The number of anilines is 2. The molecule has 0 saturated carbocycles. The predicted octanol–water partition coefficient (Wildman–Crippen LogP) is 3.72. The first-order valence-corrected chi connectivity index (χ1v) is 8.65. The Kier molecular flexibility index (Phi) is 6.45. The average molecular weight is 370 g/mol. The number of rotatable bonds is 6. The minimum atomic E-state index is -0.455. The molecule has 0 radical (unpaired) electrons. The molecule has 6 heteroatoms. The van der Waals surface area contributed by atoms with Gasteiger partial charge in [-0.25, -0.2) is 0 Å². The van der Waals surface area contributed by atoms with Crippen molar-refractivity contribution in [3.05, 3.63) is 48.5 Å². The van der Waals surface area contributed by atoms with Crippen molar-refractivity contribution in [1.82, 2.24) is 0 Å². The second kappa shape index (κ2) is 8.58. The largest absolute Gasteiger partial charge is 0.497 e. The van der Waals surface area contributed by atoms with Crippen LogP contribution in [0.3, 0.4) is 0 Å². The number of nitrogens with zero attached hydrogens (tertiary/aromatic N) is 1. The van der Waals surface area contributed by atoms with E-state index in [1.807, 2.05) is 20.8 Å². The Labute approximate surface area is 160 Å². The summed E-state index contributed by atoms with van der Waals surface area (Å²) in [5, 5.41) is 2.75. The predicted molar refractivity (Wildman–Crippen MR) is 106 cm³/mol. The van der Waals surface area contributed by atoms with E-state index in [1.54, 1.807) is 67.6 Å². The van der Waals surface area contributed by atoms with Gasteiger partial charge in [0.1, 0.15) is 11.5 Å². The fourth-order valence-corrected chi connectivity index (χ4v) is 2.41. The standard InChI is InChI=1S/C21H26N2O4/c1-21(2,3)20(25)23(4)16-8-12-18(13-9-16)27-14-19(24)22-15-6-10-17(26-5)11-7-15/h6-13H,14H2,1-5H3,(H,22,24). The fourth-order valence-electron chi connectivity index (χ4n) is 2.41. The van der Waals surface area contributed by atoms with Gasteiger partial charge in [0.15, 0.2) is 6.61 Å². The van der Waals surface area contributed by atoms with Crippen LogP contribution in [0, 0.1) is 5.41 Å². The molecule has 0 heterocycles. The van der Waals surface area contributed by atoms with Crippen LogP contribution in [0.1, 0.15) is 20.8 Å². The van der Waals surface area contributed by atoms with Crippen molar-refractivity contribution in [1.29, 1.82) is 0 Å². The van der Waals surface area contributed by atoms with E-state index in [9.17, 15) is 9.59 Å². The number of ether oxygens (including phenoxy) is 2. The molecule has 2 rings (SSSR count). The number of hydrogen-bond donors (Lipinski definition) is 1. The molecule has 0 unspecified atom stereocenters. The van der Waals surface area contributed by atoms with Gasteiger partial charge in [-0.05, 0) is 48.5 Å². The molecule has 27 heavy (non-hydrogen) atoms. The minimum Gasteiger partial charge on any atom is -0.497 e. The zero-order valence-corrected chi connectivity index (χ0v) is 16.4. The van der Waals surface area contributed by atoms with E-state index in [1.165, 1.54) is 0 Å². The maximum absolute atomic E-state index is 12.3. The van der Waals surface area contributed by atoms with E-state index in [4.69, 9.17) is 9.47 Å². The third-order valence-corrected chi connectivity index (χ3v) is 3.91. The van der Waals surface area contributed by atoms with Gasteiger partial charge in [0.2, 0.25) is 5.91 Å². The molecule has 2 aromatic rings. The number of amides is 2. The third-order valence-electron chi connectivity index (χ3n) is 3.91. The molecule has 0 fully saturated rings. The van der Waals surface area contributed by atoms with E-state index in [0.717, 1.165) is 11.4 Å². The Bertz CT molecular complexity index is 777. The first-order chi connectivity index (χ1) is 12.7. The SMILES string of the molecule is COc1ccc(NC(=O)COc2ccc(N(C)C(=O)C(C)(C)C)cc2)cc1. The number of nitrogens with one attached hydrogen (secondary N) is 1. The van der Waals surface area contributed by atoms with E-state index in [-0.39, 0.29) is 18.4 Å². The van der Waals surface area contributed by atoms with E-state index in [0.29, 0.717) is 11.4 Å². The molecule has 1 N–H and O–H groups in total. The van der Waals surface area contributed by atoms with Gasteiger partial charge in [-0.1, -0.05) is 20.8 Å². The Morgan fingerprint density at radius 3 is 2.04 bits per heavy atom. The van der Waals surface area contributed by atoms with Crippen LogP contribution in [0.25, 0.3) is 0 Å². The zero-order valence-electron chi connectivity index (χ0n) is 16.4. The Morgan fingerprint density at radius 2 is 1.52 bits per heavy atom. The first-order valence-electron chi connectivity index (χ1n) is 8.65. The Balaban J connectivity index is 1.88.